The SMILES string of the molecule is Cl.Cl.O=C(NCCc1cccnc1)C1CCCCN1. The third-order valence-electron chi connectivity index (χ3n) is 3.06. The van der Waals surface area contributed by atoms with E-state index in [0.29, 0.717) is 6.54 Å². The van der Waals surface area contributed by atoms with Crippen LogP contribution in [0.25, 0.3) is 0 Å². The van der Waals surface area contributed by atoms with Crippen molar-refractivity contribution in [1.29, 1.82) is 0 Å². The maximum absolute atomic E-state index is 11.8. The van der Waals surface area contributed by atoms with Gasteiger partial charge in [0, 0.05) is 18.9 Å². The van der Waals surface area contributed by atoms with E-state index in [1.807, 2.05) is 18.3 Å². The fourth-order valence-corrected chi connectivity index (χ4v) is 2.07. The zero-order chi connectivity index (χ0) is 11.9. The standard InChI is InChI=1S/C13H19N3O.2ClH/c17-13(12-5-1-2-8-15-12)16-9-6-11-4-3-7-14-10-11;;/h3-4,7,10,12,15H,1-2,5-6,8-9H2,(H,16,17);2*1H. The van der Waals surface area contributed by atoms with Gasteiger partial charge < -0.3 is 10.6 Å². The Kier molecular flexibility index (Phi) is 9.57. The molecule has 1 saturated heterocycles. The molecular formula is C13H21Cl2N3O. The molecular weight excluding hydrogens is 285 g/mol. The molecule has 1 aliphatic rings. The molecule has 0 aromatic carbocycles. The number of amides is 1. The van der Waals surface area contributed by atoms with Crippen LogP contribution < -0.4 is 10.6 Å². The van der Waals surface area contributed by atoms with Gasteiger partial charge >= 0.3 is 0 Å². The second kappa shape index (κ2) is 10.0. The number of halogens is 2. The van der Waals surface area contributed by atoms with Crippen molar-refractivity contribution in [1.82, 2.24) is 15.6 Å². The molecule has 1 aliphatic heterocycles. The molecule has 108 valence electrons. The predicted molar refractivity (Wildman–Crippen MR) is 81.1 cm³/mol. The van der Waals surface area contributed by atoms with Crippen molar-refractivity contribution < 1.29 is 4.79 Å². The molecule has 0 aliphatic carbocycles. The molecule has 1 aromatic heterocycles. The monoisotopic (exact) mass is 305 g/mol. The maximum Gasteiger partial charge on any atom is 0.237 e. The molecule has 1 atom stereocenters. The second-order valence-corrected chi connectivity index (χ2v) is 4.40. The van der Waals surface area contributed by atoms with Gasteiger partial charge in [0.15, 0.2) is 0 Å². The van der Waals surface area contributed by atoms with Gasteiger partial charge in [0.2, 0.25) is 5.91 Å². The van der Waals surface area contributed by atoms with Crippen molar-refractivity contribution in [2.75, 3.05) is 13.1 Å². The first kappa shape index (κ1) is 18.2. The minimum absolute atomic E-state index is 0. The number of piperidine rings is 1. The molecule has 2 heterocycles. The molecule has 1 aromatic rings. The molecule has 4 nitrogen and oxygen atoms in total. The highest BCUT2D eigenvalue weighted by Gasteiger charge is 2.19. The van der Waals surface area contributed by atoms with Gasteiger partial charge in [0.25, 0.3) is 0 Å². The van der Waals surface area contributed by atoms with Crippen molar-refractivity contribution in [3.8, 4) is 0 Å². The zero-order valence-corrected chi connectivity index (χ0v) is 12.4. The fraction of sp³-hybridized carbons (Fsp3) is 0.538. The van der Waals surface area contributed by atoms with Gasteiger partial charge in [-0.1, -0.05) is 12.5 Å². The highest BCUT2D eigenvalue weighted by Crippen LogP contribution is 2.06. The quantitative estimate of drug-likeness (QED) is 0.891. The van der Waals surface area contributed by atoms with Gasteiger partial charge in [-0.25, -0.2) is 0 Å². The molecule has 19 heavy (non-hydrogen) atoms. The largest absolute Gasteiger partial charge is 0.354 e. The van der Waals surface area contributed by atoms with Crippen molar-refractivity contribution in [2.45, 2.75) is 31.7 Å². The second-order valence-electron chi connectivity index (χ2n) is 4.40. The molecule has 1 unspecified atom stereocenters. The van der Waals surface area contributed by atoms with Gasteiger partial charge in [0.1, 0.15) is 0 Å². The minimum Gasteiger partial charge on any atom is -0.354 e. The summed E-state index contributed by atoms with van der Waals surface area (Å²) in [6, 6.07) is 3.95. The van der Waals surface area contributed by atoms with Crippen LogP contribution in [0.2, 0.25) is 0 Å². The van der Waals surface area contributed by atoms with Crippen LogP contribution in [-0.4, -0.2) is 30.0 Å². The van der Waals surface area contributed by atoms with Crippen molar-refractivity contribution in [2.24, 2.45) is 0 Å². The Morgan fingerprint density at radius 3 is 2.89 bits per heavy atom. The van der Waals surface area contributed by atoms with Gasteiger partial charge in [-0.2, -0.15) is 0 Å². The van der Waals surface area contributed by atoms with E-state index >= 15 is 0 Å². The molecule has 0 spiro atoms. The number of hydrogen-bond donors (Lipinski definition) is 2. The number of carbonyl (C=O) groups excluding carboxylic acids is 1. The summed E-state index contributed by atoms with van der Waals surface area (Å²) in [7, 11) is 0. The number of nitrogens with zero attached hydrogens (tertiary/aromatic N) is 1. The lowest BCUT2D eigenvalue weighted by atomic mass is 10.0. The first-order valence-corrected chi connectivity index (χ1v) is 6.26. The van der Waals surface area contributed by atoms with Gasteiger partial charge in [0.05, 0.1) is 6.04 Å². The van der Waals surface area contributed by atoms with E-state index in [9.17, 15) is 4.79 Å². The number of hydrogen-bond acceptors (Lipinski definition) is 3. The summed E-state index contributed by atoms with van der Waals surface area (Å²) in [6.07, 6.45) is 7.72. The van der Waals surface area contributed by atoms with Crippen LogP contribution in [0.5, 0.6) is 0 Å². The van der Waals surface area contributed by atoms with Crippen LogP contribution in [-0.2, 0) is 11.2 Å². The average Bonchev–Trinajstić information content (AvgIpc) is 2.41. The summed E-state index contributed by atoms with van der Waals surface area (Å²) in [5, 5.41) is 6.21. The summed E-state index contributed by atoms with van der Waals surface area (Å²) < 4.78 is 0. The van der Waals surface area contributed by atoms with E-state index in [0.717, 1.165) is 31.4 Å². The molecule has 1 fully saturated rings. The Morgan fingerprint density at radius 2 is 2.26 bits per heavy atom. The van der Waals surface area contributed by atoms with Crippen LogP contribution in [0.15, 0.2) is 24.5 Å². The van der Waals surface area contributed by atoms with E-state index in [2.05, 4.69) is 15.6 Å². The first-order valence-electron chi connectivity index (χ1n) is 6.26. The summed E-state index contributed by atoms with van der Waals surface area (Å²) in [5.41, 5.74) is 1.16. The van der Waals surface area contributed by atoms with Crippen LogP contribution in [0, 0.1) is 0 Å². The fourth-order valence-electron chi connectivity index (χ4n) is 2.07. The summed E-state index contributed by atoms with van der Waals surface area (Å²) in [6.45, 7) is 1.64. The minimum atomic E-state index is 0. The van der Waals surface area contributed by atoms with Gasteiger partial charge in [-0.05, 0) is 37.4 Å². The van der Waals surface area contributed by atoms with Crippen molar-refractivity contribution >= 4 is 30.7 Å². The van der Waals surface area contributed by atoms with E-state index in [1.165, 1.54) is 6.42 Å². The average molecular weight is 306 g/mol. The van der Waals surface area contributed by atoms with Crippen LogP contribution in [0.4, 0.5) is 0 Å². The summed E-state index contributed by atoms with van der Waals surface area (Å²) >= 11 is 0. The van der Waals surface area contributed by atoms with Crippen LogP contribution in [0.1, 0.15) is 24.8 Å². The predicted octanol–water partition coefficient (Wildman–Crippen LogP) is 1.73. The van der Waals surface area contributed by atoms with E-state index in [4.69, 9.17) is 0 Å². The molecule has 2 N–H and O–H groups in total. The lowest BCUT2D eigenvalue weighted by molar-refractivity contribution is -0.123. The lowest BCUT2D eigenvalue weighted by Gasteiger charge is -2.22. The molecule has 0 radical (unpaired) electrons. The molecule has 0 bridgehead atoms. The highest BCUT2D eigenvalue weighted by atomic mass is 35.5. The number of nitrogens with one attached hydrogen (secondary N) is 2. The highest BCUT2D eigenvalue weighted by molar-refractivity contribution is 5.85. The smallest absolute Gasteiger partial charge is 0.237 e. The number of rotatable bonds is 4. The number of aromatic nitrogens is 1. The van der Waals surface area contributed by atoms with Crippen molar-refractivity contribution in [3.05, 3.63) is 30.1 Å². The first-order chi connectivity index (χ1) is 8.36. The topological polar surface area (TPSA) is 54.0 Å². The van der Waals surface area contributed by atoms with Gasteiger partial charge in [-0.3, -0.25) is 9.78 Å². The van der Waals surface area contributed by atoms with E-state index in [-0.39, 0.29) is 36.8 Å². The lowest BCUT2D eigenvalue weighted by Crippen LogP contribution is -2.47. The van der Waals surface area contributed by atoms with Crippen LogP contribution >= 0.6 is 24.8 Å². The number of carbonyl (C=O) groups is 1. The molecule has 0 saturated carbocycles. The van der Waals surface area contributed by atoms with E-state index in [1.54, 1.807) is 6.20 Å². The Balaban J connectivity index is 0.00000162. The number of pyridine rings is 1. The van der Waals surface area contributed by atoms with Crippen LogP contribution in [0.3, 0.4) is 0 Å². The third kappa shape index (κ3) is 6.23. The summed E-state index contributed by atoms with van der Waals surface area (Å²) in [4.78, 5) is 15.8. The molecule has 2 rings (SSSR count). The molecule has 6 heteroatoms. The normalized spacial score (nSPS) is 17.8. The van der Waals surface area contributed by atoms with Gasteiger partial charge in [-0.15, -0.1) is 24.8 Å². The zero-order valence-electron chi connectivity index (χ0n) is 10.8. The molecule has 1 amide bonds. The Morgan fingerprint density at radius 1 is 1.42 bits per heavy atom. The maximum atomic E-state index is 11.8. The Hall–Kier alpha value is -0.840. The third-order valence-corrected chi connectivity index (χ3v) is 3.06. The van der Waals surface area contributed by atoms with Crippen molar-refractivity contribution in [3.63, 3.8) is 0 Å². The van der Waals surface area contributed by atoms with E-state index < -0.39 is 0 Å². The summed E-state index contributed by atoms with van der Waals surface area (Å²) in [5.74, 6) is 0.133. The Bertz CT molecular complexity index is 356. The Labute approximate surface area is 126 Å².